The minimum atomic E-state index is -0.633. The van der Waals surface area contributed by atoms with Crippen LogP contribution in [0, 0.1) is 31.6 Å². The Kier molecular flexibility index (Phi) is 4.24. The van der Waals surface area contributed by atoms with E-state index in [2.05, 4.69) is 10.3 Å². The second-order valence-electron chi connectivity index (χ2n) is 4.24. The van der Waals surface area contributed by atoms with Crippen LogP contribution in [-0.4, -0.2) is 14.8 Å². The van der Waals surface area contributed by atoms with Crippen LogP contribution in [0.1, 0.15) is 11.1 Å². The van der Waals surface area contributed by atoms with Gasteiger partial charge in [-0.25, -0.2) is 4.98 Å². The Morgan fingerprint density at radius 2 is 1.86 bits per heavy atom. The summed E-state index contributed by atoms with van der Waals surface area (Å²) in [5, 5.41) is 33.0. The standard InChI is InChI=1S/C13H9N5O4/c14-6-10-5-12(18(21)22)13(16-8-10)15-7-9-1-3-11(4-2-9)17(19)20/h1-5,8H,7H2,(H,15,16). The first-order chi connectivity index (χ1) is 10.5. The quantitative estimate of drug-likeness (QED) is 0.661. The van der Waals surface area contributed by atoms with Crippen LogP contribution in [0.25, 0.3) is 0 Å². The molecule has 0 spiro atoms. The Balaban J connectivity index is 2.16. The van der Waals surface area contributed by atoms with E-state index in [1.54, 1.807) is 18.2 Å². The molecule has 0 bridgehead atoms. The van der Waals surface area contributed by atoms with E-state index in [1.165, 1.54) is 18.3 Å². The number of aromatic nitrogens is 1. The largest absolute Gasteiger partial charge is 0.360 e. The lowest BCUT2D eigenvalue weighted by molar-refractivity contribution is -0.384. The van der Waals surface area contributed by atoms with Gasteiger partial charge < -0.3 is 5.32 Å². The summed E-state index contributed by atoms with van der Waals surface area (Å²) >= 11 is 0. The first-order valence-electron chi connectivity index (χ1n) is 6.03. The number of nitro benzene ring substituents is 1. The number of hydrogen-bond donors (Lipinski definition) is 1. The van der Waals surface area contributed by atoms with Gasteiger partial charge in [0.25, 0.3) is 5.69 Å². The van der Waals surface area contributed by atoms with Gasteiger partial charge in [0, 0.05) is 30.9 Å². The van der Waals surface area contributed by atoms with Gasteiger partial charge in [-0.05, 0) is 5.56 Å². The summed E-state index contributed by atoms with van der Waals surface area (Å²) in [5.41, 5.74) is 0.450. The van der Waals surface area contributed by atoms with Crippen LogP contribution < -0.4 is 5.32 Å². The van der Waals surface area contributed by atoms with Crippen molar-refractivity contribution in [3.63, 3.8) is 0 Å². The highest BCUT2D eigenvalue weighted by atomic mass is 16.6. The fourth-order valence-electron chi connectivity index (χ4n) is 1.71. The number of rotatable bonds is 5. The van der Waals surface area contributed by atoms with Crippen LogP contribution >= 0.6 is 0 Å². The third kappa shape index (κ3) is 3.31. The van der Waals surface area contributed by atoms with Crippen LogP contribution in [0.15, 0.2) is 36.5 Å². The molecular formula is C13H9N5O4. The van der Waals surface area contributed by atoms with Gasteiger partial charge in [-0.2, -0.15) is 5.26 Å². The SMILES string of the molecule is N#Cc1cnc(NCc2ccc([N+](=O)[O-])cc2)c([N+](=O)[O-])c1. The summed E-state index contributed by atoms with van der Waals surface area (Å²) in [6.45, 7) is 0.206. The highest BCUT2D eigenvalue weighted by molar-refractivity contribution is 5.58. The molecule has 0 aliphatic carbocycles. The molecule has 0 aliphatic rings. The predicted octanol–water partition coefficient (Wildman–Crippen LogP) is 2.38. The lowest BCUT2D eigenvalue weighted by Crippen LogP contribution is -2.05. The van der Waals surface area contributed by atoms with Crippen molar-refractivity contribution in [2.24, 2.45) is 0 Å². The summed E-state index contributed by atoms with van der Waals surface area (Å²) in [7, 11) is 0. The van der Waals surface area contributed by atoms with Crippen LogP contribution in [0.4, 0.5) is 17.2 Å². The zero-order valence-corrected chi connectivity index (χ0v) is 11.1. The zero-order chi connectivity index (χ0) is 16.1. The van der Waals surface area contributed by atoms with E-state index in [9.17, 15) is 20.2 Å². The molecule has 1 aromatic heterocycles. The normalized spacial score (nSPS) is 9.77. The van der Waals surface area contributed by atoms with Crippen LogP contribution in [0.2, 0.25) is 0 Å². The Morgan fingerprint density at radius 1 is 1.18 bits per heavy atom. The third-order valence-electron chi connectivity index (χ3n) is 2.80. The molecular weight excluding hydrogens is 290 g/mol. The maximum atomic E-state index is 11.0. The van der Waals surface area contributed by atoms with Crippen molar-refractivity contribution in [3.8, 4) is 6.07 Å². The molecule has 0 aliphatic heterocycles. The first kappa shape index (κ1) is 14.9. The van der Waals surface area contributed by atoms with Crippen molar-refractivity contribution in [2.75, 3.05) is 5.32 Å². The van der Waals surface area contributed by atoms with Crippen molar-refractivity contribution >= 4 is 17.2 Å². The number of anilines is 1. The molecule has 9 nitrogen and oxygen atoms in total. The molecule has 1 N–H and O–H groups in total. The summed E-state index contributed by atoms with van der Waals surface area (Å²) in [6.07, 6.45) is 1.23. The maximum absolute atomic E-state index is 11.0. The second kappa shape index (κ2) is 6.27. The van der Waals surface area contributed by atoms with Gasteiger partial charge in [-0.1, -0.05) is 12.1 Å². The molecule has 0 saturated carbocycles. The average molecular weight is 299 g/mol. The number of nitrogens with zero attached hydrogens (tertiary/aromatic N) is 4. The van der Waals surface area contributed by atoms with E-state index in [4.69, 9.17) is 5.26 Å². The third-order valence-corrected chi connectivity index (χ3v) is 2.80. The summed E-state index contributed by atoms with van der Waals surface area (Å²) in [6, 6.07) is 8.69. The predicted molar refractivity (Wildman–Crippen MR) is 76.0 cm³/mol. The van der Waals surface area contributed by atoms with E-state index < -0.39 is 9.85 Å². The number of nitriles is 1. The number of hydrogen-bond acceptors (Lipinski definition) is 7. The number of nitrogens with one attached hydrogen (secondary N) is 1. The van der Waals surface area contributed by atoms with Crippen molar-refractivity contribution in [1.82, 2.24) is 4.98 Å². The molecule has 1 heterocycles. The fourth-order valence-corrected chi connectivity index (χ4v) is 1.71. The molecule has 0 radical (unpaired) electrons. The molecule has 2 aromatic rings. The van der Waals surface area contributed by atoms with E-state index in [-0.39, 0.29) is 29.3 Å². The van der Waals surface area contributed by atoms with E-state index in [0.717, 1.165) is 6.07 Å². The van der Waals surface area contributed by atoms with Crippen LogP contribution in [0.3, 0.4) is 0 Å². The molecule has 2 rings (SSSR count). The van der Waals surface area contributed by atoms with E-state index >= 15 is 0 Å². The van der Waals surface area contributed by atoms with Gasteiger partial charge in [0.05, 0.1) is 15.4 Å². The summed E-state index contributed by atoms with van der Waals surface area (Å²) in [4.78, 5) is 24.2. The Morgan fingerprint density at radius 3 is 2.41 bits per heavy atom. The Bertz CT molecular complexity index is 767. The maximum Gasteiger partial charge on any atom is 0.312 e. The number of nitro groups is 2. The summed E-state index contributed by atoms with van der Waals surface area (Å²) < 4.78 is 0. The summed E-state index contributed by atoms with van der Waals surface area (Å²) in [5.74, 6) is 0.0300. The first-order valence-corrected chi connectivity index (χ1v) is 6.03. The smallest absolute Gasteiger partial charge is 0.312 e. The van der Waals surface area contributed by atoms with Crippen molar-refractivity contribution < 1.29 is 9.85 Å². The second-order valence-corrected chi connectivity index (χ2v) is 4.24. The minimum Gasteiger partial charge on any atom is -0.360 e. The van der Waals surface area contributed by atoms with E-state index in [1.807, 2.05) is 0 Å². The van der Waals surface area contributed by atoms with Crippen molar-refractivity contribution in [1.29, 1.82) is 5.26 Å². The van der Waals surface area contributed by atoms with Gasteiger partial charge in [0.1, 0.15) is 6.07 Å². The number of pyridine rings is 1. The van der Waals surface area contributed by atoms with Crippen LogP contribution in [-0.2, 0) is 6.54 Å². The lowest BCUT2D eigenvalue weighted by Gasteiger charge is -2.06. The fraction of sp³-hybridized carbons (Fsp3) is 0.0769. The molecule has 0 unspecified atom stereocenters. The number of non-ortho nitro benzene ring substituents is 1. The number of benzene rings is 1. The van der Waals surface area contributed by atoms with Crippen molar-refractivity contribution in [2.45, 2.75) is 6.54 Å². The topological polar surface area (TPSA) is 135 Å². The lowest BCUT2D eigenvalue weighted by atomic mass is 10.2. The molecule has 9 heteroatoms. The van der Waals surface area contributed by atoms with Gasteiger partial charge in [-0.15, -0.1) is 0 Å². The highest BCUT2D eigenvalue weighted by Gasteiger charge is 2.16. The molecule has 0 fully saturated rings. The van der Waals surface area contributed by atoms with Gasteiger partial charge in [0.2, 0.25) is 5.82 Å². The highest BCUT2D eigenvalue weighted by Crippen LogP contribution is 2.23. The molecule has 1 aromatic carbocycles. The van der Waals surface area contributed by atoms with Crippen molar-refractivity contribution in [3.05, 3.63) is 67.9 Å². The molecule has 0 saturated heterocycles. The Labute approximate surface area is 124 Å². The zero-order valence-electron chi connectivity index (χ0n) is 11.1. The van der Waals surface area contributed by atoms with Gasteiger partial charge in [0.15, 0.2) is 0 Å². The molecule has 110 valence electrons. The van der Waals surface area contributed by atoms with Gasteiger partial charge >= 0.3 is 5.69 Å². The van der Waals surface area contributed by atoms with Gasteiger partial charge in [-0.3, -0.25) is 20.2 Å². The minimum absolute atomic E-state index is 0.0300. The molecule has 0 atom stereocenters. The molecule has 0 amide bonds. The Hall–Kier alpha value is -3.54. The van der Waals surface area contributed by atoms with Crippen LogP contribution in [0.5, 0.6) is 0 Å². The van der Waals surface area contributed by atoms with E-state index in [0.29, 0.717) is 5.56 Å². The monoisotopic (exact) mass is 299 g/mol. The molecule has 22 heavy (non-hydrogen) atoms. The average Bonchev–Trinajstić information content (AvgIpc) is 2.53.